The largest absolute Gasteiger partial charge is 0.481 e. The van der Waals surface area contributed by atoms with Crippen LogP contribution < -0.4 is 14.8 Å². The summed E-state index contributed by atoms with van der Waals surface area (Å²) in [6.45, 7) is 1.84. The molecular weight excluding hydrogens is 459 g/mol. The number of carbonyl (C=O) groups is 1. The molecule has 3 aromatic rings. The number of rotatable bonds is 8. The Morgan fingerprint density at radius 3 is 2.13 bits per heavy atom. The van der Waals surface area contributed by atoms with Crippen LogP contribution in [0.15, 0.2) is 77.7 Å². The number of amides is 1. The molecule has 0 heterocycles. The van der Waals surface area contributed by atoms with Crippen molar-refractivity contribution in [3.05, 3.63) is 82.8 Å². The highest BCUT2D eigenvalue weighted by Gasteiger charge is 2.19. The van der Waals surface area contributed by atoms with Crippen molar-refractivity contribution in [2.45, 2.75) is 24.3 Å². The molecule has 3 rings (SSSR count). The molecule has 0 spiro atoms. The standard InChI is InChI=1S/C22H20Cl2N2O4S/c1-2-21(30-19-6-4-3-5-7-19)22(27)25-17-8-10-20(11-9-17)31(28,29)26-18-13-15(23)12-16(24)14-18/h3-14,21,26H,2H2,1H3,(H,25,27)/t21-/m0/s1. The fraction of sp³-hybridized carbons (Fsp3) is 0.136. The lowest BCUT2D eigenvalue weighted by Gasteiger charge is -2.17. The van der Waals surface area contributed by atoms with Gasteiger partial charge in [0.25, 0.3) is 15.9 Å². The molecule has 0 aliphatic heterocycles. The Kier molecular flexibility index (Phi) is 7.43. The van der Waals surface area contributed by atoms with Crippen LogP contribution in [0.4, 0.5) is 11.4 Å². The predicted molar refractivity (Wildman–Crippen MR) is 123 cm³/mol. The molecule has 0 aliphatic carbocycles. The molecule has 0 aromatic heterocycles. The Labute approximate surface area is 191 Å². The number of sulfonamides is 1. The SMILES string of the molecule is CC[C@H](Oc1ccccc1)C(=O)Nc1ccc(S(=O)(=O)Nc2cc(Cl)cc(Cl)c2)cc1. The number of halogens is 2. The first-order valence-corrected chi connectivity index (χ1v) is 11.6. The molecule has 3 aromatic carbocycles. The Balaban J connectivity index is 1.68. The van der Waals surface area contributed by atoms with Crippen molar-refractivity contribution >= 4 is 50.5 Å². The number of benzene rings is 3. The fourth-order valence-corrected chi connectivity index (χ4v) is 4.32. The lowest BCUT2D eigenvalue weighted by atomic mass is 10.2. The van der Waals surface area contributed by atoms with Gasteiger partial charge in [0.2, 0.25) is 0 Å². The predicted octanol–water partition coefficient (Wildman–Crippen LogP) is 5.59. The van der Waals surface area contributed by atoms with Gasteiger partial charge in [-0.2, -0.15) is 0 Å². The highest BCUT2D eigenvalue weighted by molar-refractivity contribution is 7.92. The minimum absolute atomic E-state index is 0.0224. The minimum atomic E-state index is -3.86. The number of para-hydroxylation sites is 1. The van der Waals surface area contributed by atoms with Crippen LogP contribution in [0.1, 0.15) is 13.3 Å². The second kappa shape index (κ2) is 10.0. The molecule has 2 N–H and O–H groups in total. The van der Waals surface area contributed by atoms with Crippen LogP contribution in [0, 0.1) is 0 Å². The number of carbonyl (C=O) groups excluding carboxylic acids is 1. The molecule has 6 nitrogen and oxygen atoms in total. The monoisotopic (exact) mass is 478 g/mol. The summed E-state index contributed by atoms with van der Waals surface area (Å²) in [6, 6.07) is 19.3. The molecule has 0 radical (unpaired) electrons. The summed E-state index contributed by atoms with van der Waals surface area (Å²) in [5, 5.41) is 3.37. The van der Waals surface area contributed by atoms with Gasteiger partial charge in [-0.25, -0.2) is 8.42 Å². The summed E-state index contributed by atoms with van der Waals surface area (Å²) in [5.41, 5.74) is 0.698. The van der Waals surface area contributed by atoms with Crippen molar-refractivity contribution in [1.29, 1.82) is 0 Å². The van der Waals surface area contributed by atoms with E-state index < -0.39 is 16.1 Å². The Bertz CT molecular complexity index is 1130. The van der Waals surface area contributed by atoms with Crippen molar-refractivity contribution < 1.29 is 17.9 Å². The lowest BCUT2D eigenvalue weighted by Crippen LogP contribution is -2.32. The summed E-state index contributed by atoms with van der Waals surface area (Å²) in [4.78, 5) is 12.6. The van der Waals surface area contributed by atoms with Gasteiger partial charge >= 0.3 is 0 Å². The Morgan fingerprint density at radius 2 is 1.55 bits per heavy atom. The number of hydrogen-bond donors (Lipinski definition) is 2. The van der Waals surface area contributed by atoms with Crippen LogP contribution in [0.3, 0.4) is 0 Å². The second-order valence-corrected chi connectivity index (χ2v) is 9.16. The number of anilines is 2. The van der Waals surface area contributed by atoms with Crippen LogP contribution in [0.5, 0.6) is 5.75 Å². The van der Waals surface area contributed by atoms with Gasteiger partial charge in [-0.1, -0.05) is 48.3 Å². The summed E-state index contributed by atoms with van der Waals surface area (Å²) in [6.07, 6.45) is -0.209. The first kappa shape index (κ1) is 22.9. The fourth-order valence-electron chi connectivity index (χ4n) is 2.75. The highest BCUT2D eigenvalue weighted by Crippen LogP contribution is 2.25. The Hall–Kier alpha value is -2.74. The van der Waals surface area contributed by atoms with Crippen molar-refractivity contribution in [2.75, 3.05) is 10.0 Å². The van der Waals surface area contributed by atoms with Crippen molar-refractivity contribution in [1.82, 2.24) is 0 Å². The van der Waals surface area contributed by atoms with E-state index in [4.69, 9.17) is 27.9 Å². The lowest BCUT2D eigenvalue weighted by molar-refractivity contribution is -0.122. The molecule has 0 saturated heterocycles. The van der Waals surface area contributed by atoms with E-state index in [1.807, 2.05) is 25.1 Å². The average molecular weight is 479 g/mol. The molecule has 0 aliphatic rings. The third-order valence-corrected chi connectivity index (χ3v) is 6.07. The first-order chi connectivity index (χ1) is 14.8. The zero-order chi connectivity index (χ0) is 22.4. The third kappa shape index (κ3) is 6.37. The smallest absolute Gasteiger partial charge is 0.265 e. The van der Waals surface area contributed by atoms with E-state index in [0.717, 1.165) is 0 Å². The van der Waals surface area contributed by atoms with E-state index in [-0.39, 0.29) is 16.5 Å². The van der Waals surface area contributed by atoms with Crippen molar-refractivity contribution in [3.8, 4) is 5.75 Å². The maximum atomic E-state index is 12.6. The number of hydrogen-bond acceptors (Lipinski definition) is 4. The summed E-state index contributed by atoms with van der Waals surface area (Å²) < 4.78 is 33.4. The number of nitrogens with one attached hydrogen (secondary N) is 2. The minimum Gasteiger partial charge on any atom is -0.481 e. The van der Waals surface area contributed by atoms with Gasteiger partial charge in [-0.05, 0) is 61.0 Å². The van der Waals surface area contributed by atoms with E-state index in [9.17, 15) is 13.2 Å². The van der Waals surface area contributed by atoms with Gasteiger partial charge in [0.1, 0.15) is 5.75 Å². The third-order valence-electron chi connectivity index (χ3n) is 4.23. The summed E-state index contributed by atoms with van der Waals surface area (Å²) in [7, 11) is -3.86. The quantitative estimate of drug-likeness (QED) is 0.441. The zero-order valence-electron chi connectivity index (χ0n) is 16.5. The molecule has 0 fully saturated rings. The maximum Gasteiger partial charge on any atom is 0.265 e. The van der Waals surface area contributed by atoms with E-state index >= 15 is 0 Å². The van der Waals surface area contributed by atoms with Crippen LogP contribution in [0.25, 0.3) is 0 Å². The van der Waals surface area contributed by atoms with Gasteiger partial charge in [0.05, 0.1) is 10.6 Å². The molecular formula is C22H20Cl2N2O4S. The highest BCUT2D eigenvalue weighted by atomic mass is 35.5. The van der Waals surface area contributed by atoms with Crippen molar-refractivity contribution in [3.63, 3.8) is 0 Å². The molecule has 162 valence electrons. The van der Waals surface area contributed by atoms with E-state index in [1.165, 1.54) is 42.5 Å². The van der Waals surface area contributed by atoms with Crippen molar-refractivity contribution in [2.24, 2.45) is 0 Å². The topological polar surface area (TPSA) is 84.5 Å². The maximum absolute atomic E-state index is 12.6. The molecule has 1 amide bonds. The normalized spacial score (nSPS) is 12.1. The molecule has 9 heteroatoms. The van der Waals surface area contributed by atoms with Crippen LogP contribution in [-0.2, 0) is 14.8 Å². The molecule has 0 unspecified atom stereocenters. The first-order valence-electron chi connectivity index (χ1n) is 9.38. The van der Waals surface area contributed by atoms with Gasteiger partial charge in [0.15, 0.2) is 6.10 Å². The second-order valence-electron chi connectivity index (χ2n) is 6.61. The Morgan fingerprint density at radius 1 is 0.935 bits per heavy atom. The molecule has 1 atom stereocenters. The molecule has 0 bridgehead atoms. The number of ether oxygens (including phenoxy) is 1. The van der Waals surface area contributed by atoms with E-state index in [2.05, 4.69) is 10.0 Å². The van der Waals surface area contributed by atoms with E-state index in [0.29, 0.717) is 27.9 Å². The van der Waals surface area contributed by atoms with E-state index in [1.54, 1.807) is 12.1 Å². The summed E-state index contributed by atoms with van der Waals surface area (Å²) in [5.74, 6) is 0.270. The average Bonchev–Trinajstić information content (AvgIpc) is 2.72. The van der Waals surface area contributed by atoms with Gasteiger partial charge in [0, 0.05) is 15.7 Å². The summed E-state index contributed by atoms with van der Waals surface area (Å²) >= 11 is 11.8. The van der Waals surface area contributed by atoms with Gasteiger partial charge in [-0.15, -0.1) is 0 Å². The zero-order valence-corrected chi connectivity index (χ0v) is 18.8. The van der Waals surface area contributed by atoms with Gasteiger partial charge in [-0.3, -0.25) is 9.52 Å². The molecule has 31 heavy (non-hydrogen) atoms. The molecule has 0 saturated carbocycles. The van der Waals surface area contributed by atoms with Crippen LogP contribution in [0.2, 0.25) is 10.0 Å². The van der Waals surface area contributed by atoms with Crippen LogP contribution in [-0.4, -0.2) is 20.4 Å². The van der Waals surface area contributed by atoms with Gasteiger partial charge < -0.3 is 10.1 Å². The van der Waals surface area contributed by atoms with Crippen LogP contribution >= 0.6 is 23.2 Å².